The predicted molar refractivity (Wildman–Crippen MR) is 101 cm³/mol. The molecule has 0 atom stereocenters. The molecule has 4 rings (SSSR count). The quantitative estimate of drug-likeness (QED) is 0.378. The van der Waals surface area contributed by atoms with E-state index < -0.39 is 0 Å². The van der Waals surface area contributed by atoms with Crippen LogP contribution < -0.4 is 0 Å². The van der Waals surface area contributed by atoms with Gasteiger partial charge in [-0.25, -0.2) is 4.68 Å². The number of furan rings is 1. The van der Waals surface area contributed by atoms with Crippen molar-refractivity contribution in [3.8, 4) is 16.9 Å². The van der Waals surface area contributed by atoms with E-state index in [1.54, 1.807) is 18.2 Å². The van der Waals surface area contributed by atoms with Gasteiger partial charge < -0.3 is 4.42 Å². The van der Waals surface area contributed by atoms with Crippen molar-refractivity contribution < 1.29 is 9.21 Å². The van der Waals surface area contributed by atoms with Crippen molar-refractivity contribution in [2.24, 2.45) is 0 Å². The Balaban J connectivity index is 1.74. The summed E-state index contributed by atoms with van der Waals surface area (Å²) >= 11 is 0. The largest absolute Gasteiger partial charge is 0.461 e. The molecule has 2 heterocycles. The van der Waals surface area contributed by atoms with Gasteiger partial charge in [-0.2, -0.15) is 5.10 Å². The van der Waals surface area contributed by atoms with Crippen LogP contribution >= 0.6 is 0 Å². The third-order valence-electron chi connectivity index (χ3n) is 3.99. The van der Waals surface area contributed by atoms with Crippen LogP contribution in [0.1, 0.15) is 16.1 Å². The standard InChI is InChI=1S/C22H16N2O2/c25-20(21-12-7-15-26-21)14-13-18-16-24(19-10-5-2-6-11-19)23-22(18)17-8-3-1-4-9-17/h1-16H. The Morgan fingerprint density at radius 1 is 0.923 bits per heavy atom. The topological polar surface area (TPSA) is 48.0 Å². The Kier molecular flexibility index (Phi) is 4.31. The van der Waals surface area contributed by atoms with Gasteiger partial charge in [-0.3, -0.25) is 4.79 Å². The van der Waals surface area contributed by atoms with Gasteiger partial charge >= 0.3 is 0 Å². The molecule has 4 nitrogen and oxygen atoms in total. The number of para-hydroxylation sites is 1. The summed E-state index contributed by atoms with van der Waals surface area (Å²) in [4.78, 5) is 12.2. The van der Waals surface area contributed by atoms with Crippen LogP contribution in [-0.2, 0) is 0 Å². The van der Waals surface area contributed by atoms with Crippen molar-refractivity contribution in [1.29, 1.82) is 0 Å². The molecule has 0 unspecified atom stereocenters. The van der Waals surface area contributed by atoms with Crippen LogP contribution in [0.5, 0.6) is 0 Å². The molecule has 126 valence electrons. The molecule has 26 heavy (non-hydrogen) atoms. The van der Waals surface area contributed by atoms with Crippen LogP contribution in [-0.4, -0.2) is 15.6 Å². The Hall–Kier alpha value is -3.66. The molecule has 0 N–H and O–H groups in total. The minimum Gasteiger partial charge on any atom is -0.461 e. The third-order valence-corrected chi connectivity index (χ3v) is 3.99. The van der Waals surface area contributed by atoms with E-state index in [-0.39, 0.29) is 5.78 Å². The van der Waals surface area contributed by atoms with E-state index in [1.165, 1.54) is 12.3 Å². The lowest BCUT2D eigenvalue weighted by molar-refractivity contribution is 0.102. The first-order chi connectivity index (χ1) is 12.8. The minimum atomic E-state index is -0.179. The first-order valence-corrected chi connectivity index (χ1v) is 8.28. The molecule has 0 radical (unpaired) electrons. The summed E-state index contributed by atoms with van der Waals surface area (Å²) in [6.07, 6.45) is 6.70. The van der Waals surface area contributed by atoms with E-state index in [4.69, 9.17) is 9.52 Å². The number of carbonyl (C=O) groups is 1. The van der Waals surface area contributed by atoms with E-state index in [0.717, 1.165) is 22.5 Å². The third kappa shape index (κ3) is 3.26. The number of hydrogen-bond donors (Lipinski definition) is 0. The summed E-state index contributed by atoms with van der Waals surface area (Å²) in [6, 6.07) is 23.1. The monoisotopic (exact) mass is 340 g/mol. The van der Waals surface area contributed by atoms with Gasteiger partial charge in [-0.15, -0.1) is 0 Å². The molecule has 2 aromatic heterocycles. The Morgan fingerprint density at radius 2 is 1.65 bits per heavy atom. The average Bonchev–Trinajstić information content (AvgIpc) is 3.38. The van der Waals surface area contributed by atoms with Crippen molar-refractivity contribution in [3.05, 3.63) is 103 Å². The van der Waals surface area contributed by atoms with Crippen molar-refractivity contribution in [3.63, 3.8) is 0 Å². The number of nitrogens with zero attached hydrogens (tertiary/aromatic N) is 2. The maximum absolute atomic E-state index is 12.2. The van der Waals surface area contributed by atoms with E-state index >= 15 is 0 Å². The summed E-state index contributed by atoms with van der Waals surface area (Å²) in [5, 5.41) is 4.72. The van der Waals surface area contributed by atoms with Crippen LogP contribution in [0.3, 0.4) is 0 Å². The van der Waals surface area contributed by atoms with Crippen molar-refractivity contribution in [2.45, 2.75) is 0 Å². The molecule has 0 bridgehead atoms. The van der Waals surface area contributed by atoms with Gasteiger partial charge in [0.25, 0.3) is 0 Å². The van der Waals surface area contributed by atoms with Crippen LogP contribution in [0.25, 0.3) is 23.0 Å². The lowest BCUT2D eigenvalue weighted by Gasteiger charge is -2.00. The first-order valence-electron chi connectivity index (χ1n) is 8.28. The molecule has 4 heteroatoms. The number of hydrogen-bond acceptors (Lipinski definition) is 3. The number of ketones is 1. The first kappa shape index (κ1) is 15.8. The van der Waals surface area contributed by atoms with Crippen LogP contribution in [0.15, 0.2) is 95.7 Å². The zero-order valence-corrected chi connectivity index (χ0v) is 13.9. The number of allylic oxidation sites excluding steroid dienone is 1. The molecule has 0 amide bonds. The van der Waals surface area contributed by atoms with E-state index in [1.807, 2.05) is 71.5 Å². The maximum Gasteiger partial charge on any atom is 0.221 e. The smallest absolute Gasteiger partial charge is 0.221 e. The van der Waals surface area contributed by atoms with E-state index in [2.05, 4.69) is 0 Å². The maximum atomic E-state index is 12.2. The summed E-state index contributed by atoms with van der Waals surface area (Å²) in [6.45, 7) is 0. The Labute approximate surface area is 151 Å². The number of benzene rings is 2. The molecule has 0 aliphatic carbocycles. The van der Waals surface area contributed by atoms with Gasteiger partial charge in [0.1, 0.15) is 0 Å². The lowest BCUT2D eigenvalue weighted by atomic mass is 10.1. The summed E-state index contributed by atoms with van der Waals surface area (Å²) < 4.78 is 6.97. The Morgan fingerprint density at radius 3 is 2.35 bits per heavy atom. The molecule has 0 aliphatic rings. The van der Waals surface area contributed by atoms with Crippen molar-refractivity contribution >= 4 is 11.9 Å². The molecule has 0 fully saturated rings. The van der Waals surface area contributed by atoms with Crippen molar-refractivity contribution in [2.75, 3.05) is 0 Å². The fourth-order valence-corrected chi connectivity index (χ4v) is 2.71. The van der Waals surface area contributed by atoms with Gasteiger partial charge in [-0.1, -0.05) is 48.5 Å². The Bertz CT molecular complexity index is 1030. The molecular formula is C22H16N2O2. The fraction of sp³-hybridized carbons (Fsp3) is 0. The number of carbonyl (C=O) groups excluding carboxylic acids is 1. The SMILES string of the molecule is O=C(C=Cc1cn(-c2ccccc2)nc1-c1ccccc1)c1ccco1. The molecule has 0 aliphatic heterocycles. The highest BCUT2D eigenvalue weighted by Crippen LogP contribution is 2.24. The van der Waals surface area contributed by atoms with Crippen molar-refractivity contribution in [1.82, 2.24) is 9.78 Å². The zero-order chi connectivity index (χ0) is 17.8. The molecule has 0 spiro atoms. The zero-order valence-electron chi connectivity index (χ0n) is 13.9. The molecule has 0 saturated carbocycles. The van der Waals surface area contributed by atoms with E-state index in [9.17, 15) is 4.79 Å². The van der Waals surface area contributed by atoms with Crippen LogP contribution in [0, 0.1) is 0 Å². The molecule has 2 aromatic carbocycles. The average molecular weight is 340 g/mol. The molecule has 4 aromatic rings. The predicted octanol–water partition coefficient (Wildman–Crippen LogP) is 5.03. The second-order valence-corrected chi connectivity index (χ2v) is 5.75. The second-order valence-electron chi connectivity index (χ2n) is 5.75. The van der Waals surface area contributed by atoms with Gasteiger partial charge in [0.05, 0.1) is 17.6 Å². The van der Waals surface area contributed by atoms with E-state index in [0.29, 0.717) is 5.76 Å². The highest BCUT2D eigenvalue weighted by molar-refractivity contribution is 6.05. The summed E-state index contributed by atoms with van der Waals surface area (Å²) in [5.41, 5.74) is 3.63. The van der Waals surface area contributed by atoms with Gasteiger partial charge in [0.15, 0.2) is 5.76 Å². The molecule has 0 saturated heterocycles. The van der Waals surface area contributed by atoms with Crippen LogP contribution in [0.2, 0.25) is 0 Å². The molecular weight excluding hydrogens is 324 g/mol. The van der Waals surface area contributed by atoms with Crippen LogP contribution in [0.4, 0.5) is 0 Å². The minimum absolute atomic E-state index is 0.179. The van der Waals surface area contributed by atoms with Gasteiger partial charge in [-0.05, 0) is 36.4 Å². The normalized spacial score (nSPS) is 11.1. The number of rotatable bonds is 5. The fourth-order valence-electron chi connectivity index (χ4n) is 2.71. The summed E-state index contributed by atoms with van der Waals surface area (Å²) in [5.74, 6) is 0.138. The van der Waals surface area contributed by atoms with Gasteiger partial charge in [0.2, 0.25) is 5.78 Å². The lowest BCUT2D eigenvalue weighted by Crippen LogP contribution is -1.93. The second kappa shape index (κ2) is 7.07. The van der Waals surface area contributed by atoms with Gasteiger partial charge in [0, 0.05) is 17.3 Å². The highest BCUT2D eigenvalue weighted by atomic mass is 16.3. The summed E-state index contributed by atoms with van der Waals surface area (Å²) in [7, 11) is 0. The highest BCUT2D eigenvalue weighted by Gasteiger charge is 2.11. The number of aromatic nitrogens is 2.